The van der Waals surface area contributed by atoms with Crippen LogP contribution in [0.1, 0.15) is 17.4 Å². The smallest absolute Gasteiger partial charge is 0.243 e. The summed E-state index contributed by atoms with van der Waals surface area (Å²) in [5.41, 5.74) is 3.13. The fraction of sp³-hybridized carbons (Fsp3) is 0.300. The van der Waals surface area contributed by atoms with Gasteiger partial charge in [-0.2, -0.15) is 0 Å². The van der Waals surface area contributed by atoms with Crippen molar-refractivity contribution in [2.24, 2.45) is 0 Å². The number of aromatic nitrogens is 2. The Bertz CT molecular complexity index is 887. The Kier molecular flexibility index (Phi) is 4.24. The van der Waals surface area contributed by atoms with E-state index in [1.807, 2.05) is 58.9 Å². The average Bonchev–Trinajstić information content (AvgIpc) is 2.98. The number of aryl methyl sites for hydroxylation is 1. The topological polar surface area (TPSA) is 50.2 Å². The van der Waals surface area contributed by atoms with E-state index in [0.717, 1.165) is 36.5 Å². The Morgan fingerprint density at radius 2 is 1.92 bits per heavy atom. The highest BCUT2D eigenvalue weighted by atomic mass is 16.2. The maximum Gasteiger partial charge on any atom is 0.243 e. The van der Waals surface area contributed by atoms with E-state index >= 15 is 0 Å². The number of piperazine rings is 1. The molecule has 1 aliphatic heterocycles. The van der Waals surface area contributed by atoms with Crippen molar-refractivity contribution in [1.29, 1.82) is 0 Å². The Labute approximate surface area is 147 Å². The van der Waals surface area contributed by atoms with E-state index in [-0.39, 0.29) is 11.9 Å². The first-order chi connectivity index (χ1) is 12.2. The van der Waals surface area contributed by atoms with Crippen molar-refractivity contribution < 1.29 is 4.79 Å². The van der Waals surface area contributed by atoms with E-state index in [2.05, 4.69) is 22.4 Å². The number of fused-ring (bicyclic) bond motifs is 1. The molecule has 0 spiro atoms. The highest BCUT2D eigenvalue weighted by Crippen LogP contribution is 2.23. The monoisotopic (exact) mass is 334 g/mol. The third kappa shape index (κ3) is 3.03. The summed E-state index contributed by atoms with van der Waals surface area (Å²) in [6.07, 6.45) is 0. The van der Waals surface area contributed by atoms with Crippen LogP contribution in [0.3, 0.4) is 0 Å². The Balaban J connectivity index is 1.61. The number of nitrogens with one attached hydrogen (secondary N) is 1. The lowest BCUT2D eigenvalue weighted by molar-refractivity contribution is -0.135. The van der Waals surface area contributed by atoms with Gasteiger partial charge in [0.2, 0.25) is 5.91 Å². The zero-order valence-corrected chi connectivity index (χ0v) is 14.4. The molecule has 1 N–H and O–H groups in total. The molecule has 0 unspecified atom stereocenters. The van der Waals surface area contributed by atoms with Crippen molar-refractivity contribution >= 4 is 16.9 Å². The summed E-state index contributed by atoms with van der Waals surface area (Å²) in [4.78, 5) is 19.7. The van der Waals surface area contributed by atoms with Crippen molar-refractivity contribution in [3.63, 3.8) is 0 Å². The molecule has 1 saturated heterocycles. The van der Waals surface area contributed by atoms with Gasteiger partial charge in [-0.1, -0.05) is 42.5 Å². The van der Waals surface area contributed by atoms with Gasteiger partial charge in [0.05, 0.1) is 17.1 Å². The molecule has 1 aromatic heterocycles. The largest absolute Gasteiger partial charge is 0.332 e. The van der Waals surface area contributed by atoms with E-state index in [9.17, 15) is 4.79 Å². The van der Waals surface area contributed by atoms with Gasteiger partial charge < -0.3 is 14.8 Å². The molecule has 5 heteroatoms. The SMILES string of the molecule is Cc1nc2ccccc2n1CC(=O)N1CCNC[C@H]1c1ccccc1. The third-order valence-electron chi connectivity index (χ3n) is 4.89. The molecule has 2 heterocycles. The van der Waals surface area contributed by atoms with E-state index < -0.39 is 0 Å². The summed E-state index contributed by atoms with van der Waals surface area (Å²) in [6.45, 7) is 4.64. The van der Waals surface area contributed by atoms with Gasteiger partial charge in [0.1, 0.15) is 12.4 Å². The van der Waals surface area contributed by atoms with Crippen LogP contribution in [0.25, 0.3) is 11.0 Å². The molecule has 4 rings (SSSR count). The number of amides is 1. The minimum absolute atomic E-state index is 0.0811. The normalized spacial score (nSPS) is 17.8. The highest BCUT2D eigenvalue weighted by Gasteiger charge is 2.28. The number of hydrogen-bond acceptors (Lipinski definition) is 3. The van der Waals surface area contributed by atoms with Crippen molar-refractivity contribution in [1.82, 2.24) is 19.8 Å². The van der Waals surface area contributed by atoms with Crippen molar-refractivity contribution in [3.8, 4) is 0 Å². The summed E-state index contributed by atoms with van der Waals surface area (Å²) < 4.78 is 2.02. The summed E-state index contributed by atoms with van der Waals surface area (Å²) in [5.74, 6) is 1.02. The fourth-order valence-corrected chi connectivity index (χ4v) is 3.60. The average molecular weight is 334 g/mol. The minimum atomic E-state index is 0.0811. The molecular weight excluding hydrogens is 312 g/mol. The summed E-state index contributed by atoms with van der Waals surface area (Å²) in [7, 11) is 0. The van der Waals surface area contributed by atoms with E-state index in [4.69, 9.17) is 0 Å². The molecule has 0 bridgehead atoms. The first kappa shape index (κ1) is 15.8. The third-order valence-corrected chi connectivity index (χ3v) is 4.89. The van der Waals surface area contributed by atoms with Crippen LogP contribution < -0.4 is 5.32 Å². The van der Waals surface area contributed by atoms with Crippen molar-refractivity contribution in [3.05, 3.63) is 66.0 Å². The molecule has 5 nitrogen and oxygen atoms in total. The first-order valence-electron chi connectivity index (χ1n) is 8.71. The van der Waals surface area contributed by atoms with Gasteiger partial charge in [-0.3, -0.25) is 4.79 Å². The van der Waals surface area contributed by atoms with Gasteiger partial charge in [0.15, 0.2) is 0 Å². The van der Waals surface area contributed by atoms with E-state index in [1.165, 1.54) is 5.56 Å². The second-order valence-corrected chi connectivity index (χ2v) is 6.45. The van der Waals surface area contributed by atoms with Crippen LogP contribution in [0, 0.1) is 6.92 Å². The van der Waals surface area contributed by atoms with Gasteiger partial charge in [0.25, 0.3) is 0 Å². The van der Waals surface area contributed by atoms with Crippen LogP contribution in [0.2, 0.25) is 0 Å². The highest BCUT2D eigenvalue weighted by molar-refractivity contribution is 5.81. The number of carbonyl (C=O) groups excluding carboxylic acids is 1. The van der Waals surface area contributed by atoms with Crippen LogP contribution in [0.4, 0.5) is 0 Å². The molecule has 3 aromatic rings. The molecule has 1 aliphatic rings. The zero-order valence-electron chi connectivity index (χ0n) is 14.4. The molecule has 0 aliphatic carbocycles. The lowest BCUT2D eigenvalue weighted by atomic mass is 10.0. The standard InChI is InChI=1S/C20H22N4O/c1-15-22-17-9-5-6-10-18(17)24(15)14-20(25)23-12-11-21-13-19(23)16-7-3-2-4-8-16/h2-10,19,21H,11-14H2,1H3/t19-/m0/s1. The number of hydrogen-bond donors (Lipinski definition) is 1. The molecule has 25 heavy (non-hydrogen) atoms. The van der Waals surface area contributed by atoms with Crippen LogP contribution in [0.5, 0.6) is 0 Å². The Hall–Kier alpha value is -2.66. The Morgan fingerprint density at radius 3 is 2.76 bits per heavy atom. The molecule has 2 aromatic carbocycles. The van der Waals surface area contributed by atoms with Crippen LogP contribution in [-0.2, 0) is 11.3 Å². The van der Waals surface area contributed by atoms with Gasteiger partial charge in [0, 0.05) is 19.6 Å². The number of rotatable bonds is 3. The maximum atomic E-state index is 13.1. The molecule has 1 fully saturated rings. The van der Waals surface area contributed by atoms with Gasteiger partial charge in [-0.05, 0) is 24.6 Å². The summed E-state index contributed by atoms with van der Waals surface area (Å²) in [5, 5.41) is 3.41. The predicted octanol–water partition coefficient (Wildman–Crippen LogP) is 2.52. The predicted molar refractivity (Wildman–Crippen MR) is 98.2 cm³/mol. The Morgan fingerprint density at radius 1 is 1.16 bits per heavy atom. The number of carbonyl (C=O) groups is 1. The van der Waals surface area contributed by atoms with E-state index in [0.29, 0.717) is 6.54 Å². The molecule has 1 atom stereocenters. The molecule has 1 amide bonds. The van der Waals surface area contributed by atoms with E-state index in [1.54, 1.807) is 0 Å². The van der Waals surface area contributed by atoms with Crippen molar-refractivity contribution in [2.75, 3.05) is 19.6 Å². The second kappa shape index (κ2) is 6.69. The quantitative estimate of drug-likeness (QED) is 0.801. The number of nitrogens with zero attached hydrogens (tertiary/aromatic N) is 3. The van der Waals surface area contributed by atoms with Crippen LogP contribution in [-0.4, -0.2) is 40.0 Å². The van der Waals surface area contributed by atoms with Crippen molar-refractivity contribution in [2.45, 2.75) is 19.5 Å². The molecular formula is C20H22N4O. The fourth-order valence-electron chi connectivity index (χ4n) is 3.60. The van der Waals surface area contributed by atoms with Gasteiger partial charge in [-0.25, -0.2) is 4.98 Å². The molecule has 128 valence electrons. The van der Waals surface area contributed by atoms with Gasteiger partial charge >= 0.3 is 0 Å². The van der Waals surface area contributed by atoms with Crippen LogP contribution in [0.15, 0.2) is 54.6 Å². The lowest BCUT2D eigenvalue weighted by Crippen LogP contribution is -2.49. The van der Waals surface area contributed by atoms with Crippen LogP contribution >= 0.6 is 0 Å². The molecule has 0 saturated carbocycles. The maximum absolute atomic E-state index is 13.1. The zero-order chi connectivity index (χ0) is 17.2. The minimum Gasteiger partial charge on any atom is -0.332 e. The number of benzene rings is 2. The second-order valence-electron chi connectivity index (χ2n) is 6.45. The lowest BCUT2D eigenvalue weighted by Gasteiger charge is -2.36. The van der Waals surface area contributed by atoms with Gasteiger partial charge in [-0.15, -0.1) is 0 Å². The summed E-state index contributed by atoms with van der Waals surface area (Å²) in [6, 6.07) is 18.3. The number of imidazole rings is 1. The summed E-state index contributed by atoms with van der Waals surface area (Å²) >= 11 is 0. The molecule has 0 radical (unpaired) electrons. The first-order valence-corrected chi connectivity index (χ1v) is 8.71. The number of para-hydroxylation sites is 2.